The lowest BCUT2D eigenvalue weighted by molar-refractivity contribution is 0.451. The van der Waals surface area contributed by atoms with Gasteiger partial charge in [0.05, 0.1) is 4.47 Å². The van der Waals surface area contributed by atoms with Gasteiger partial charge in [-0.3, -0.25) is 0 Å². The summed E-state index contributed by atoms with van der Waals surface area (Å²) in [5, 5.41) is 0. The van der Waals surface area contributed by atoms with Crippen molar-refractivity contribution in [1.82, 2.24) is 4.72 Å². The molecule has 4 nitrogen and oxygen atoms in total. The first kappa shape index (κ1) is 14.9. The van der Waals surface area contributed by atoms with E-state index in [1.807, 2.05) is 0 Å². The van der Waals surface area contributed by atoms with Gasteiger partial charge in [0.2, 0.25) is 10.0 Å². The normalized spacial score (nSPS) is 23.7. The maximum absolute atomic E-state index is 13.9. The highest BCUT2D eigenvalue weighted by molar-refractivity contribution is 9.10. The smallest absolute Gasteiger partial charge is 0.243 e. The number of nitrogens with one attached hydrogen (secondary N) is 1. The molecule has 0 heterocycles. The molecule has 106 valence electrons. The number of rotatable bonds is 4. The molecular weight excluding hydrogens is 335 g/mol. The summed E-state index contributed by atoms with van der Waals surface area (Å²) in [5.41, 5.74) is 5.62. The molecule has 19 heavy (non-hydrogen) atoms. The summed E-state index contributed by atoms with van der Waals surface area (Å²) >= 11 is 2.99. The van der Waals surface area contributed by atoms with E-state index in [2.05, 4.69) is 20.7 Å². The third kappa shape index (κ3) is 3.16. The average Bonchev–Trinajstić information content (AvgIpc) is 2.78. The van der Waals surface area contributed by atoms with Crippen LogP contribution in [0.1, 0.15) is 19.3 Å². The van der Waals surface area contributed by atoms with Crippen molar-refractivity contribution in [3.63, 3.8) is 0 Å². The molecule has 7 heteroatoms. The van der Waals surface area contributed by atoms with Crippen molar-refractivity contribution in [2.75, 3.05) is 6.54 Å². The fraction of sp³-hybridized carbons (Fsp3) is 0.500. The summed E-state index contributed by atoms with van der Waals surface area (Å²) in [5.74, 6) is -0.637. The van der Waals surface area contributed by atoms with Gasteiger partial charge in [-0.15, -0.1) is 0 Å². The Morgan fingerprint density at radius 3 is 2.84 bits per heavy atom. The van der Waals surface area contributed by atoms with Gasteiger partial charge in [-0.05, 0) is 53.4 Å². The van der Waals surface area contributed by atoms with Gasteiger partial charge >= 0.3 is 0 Å². The van der Waals surface area contributed by atoms with E-state index in [9.17, 15) is 12.8 Å². The molecule has 0 radical (unpaired) electrons. The molecule has 0 aromatic heterocycles. The fourth-order valence-electron chi connectivity index (χ4n) is 2.43. The molecule has 0 aliphatic heterocycles. The second-order valence-electron chi connectivity index (χ2n) is 4.71. The summed E-state index contributed by atoms with van der Waals surface area (Å²) in [4.78, 5) is -0.329. The first-order valence-corrected chi connectivity index (χ1v) is 8.39. The number of sulfonamides is 1. The Labute approximate surface area is 120 Å². The van der Waals surface area contributed by atoms with E-state index < -0.39 is 15.8 Å². The van der Waals surface area contributed by atoms with E-state index in [-0.39, 0.29) is 21.3 Å². The molecule has 3 N–H and O–H groups in total. The topological polar surface area (TPSA) is 72.2 Å². The van der Waals surface area contributed by atoms with Gasteiger partial charge < -0.3 is 5.73 Å². The van der Waals surface area contributed by atoms with Crippen molar-refractivity contribution in [3.05, 3.63) is 28.5 Å². The van der Waals surface area contributed by atoms with Crippen molar-refractivity contribution in [1.29, 1.82) is 0 Å². The monoisotopic (exact) mass is 350 g/mol. The first-order valence-electron chi connectivity index (χ1n) is 6.12. The molecule has 0 amide bonds. The van der Waals surface area contributed by atoms with Gasteiger partial charge in [-0.2, -0.15) is 0 Å². The Morgan fingerprint density at radius 1 is 1.42 bits per heavy atom. The van der Waals surface area contributed by atoms with Crippen LogP contribution in [0, 0.1) is 11.7 Å². The van der Waals surface area contributed by atoms with Crippen molar-refractivity contribution < 1.29 is 12.8 Å². The van der Waals surface area contributed by atoms with E-state index in [0.717, 1.165) is 19.3 Å². The van der Waals surface area contributed by atoms with Gasteiger partial charge in [-0.25, -0.2) is 17.5 Å². The minimum atomic E-state index is -3.85. The SMILES string of the molecule is NCC1CCCC1NS(=O)(=O)c1cccc(Br)c1F. The molecule has 1 aromatic carbocycles. The van der Waals surface area contributed by atoms with Crippen molar-refractivity contribution in [2.45, 2.75) is 30.2 Å². The minimum absolute atomic E-state index is 0.130. The van der Waals surface area contributed by atoms with E-state index in [0.29, 0.717) is 6.54 Å². The number of hydrogen-bond acceptors (Lipinski definition) is 3. The lowest BCUT2D eigenvalue weighted by atomic mass is 10.1. The molecule has 1 fully saturated rings. The molecular formula is C12H16BrFN2O2S. The number of halogens is 2. The summed E-state index contributed by atoms with van der Waals surface area (Å²) in [6.45, 7) is 0.439. The molecule has 1 aliphatic carbocycles. The third-order valence-corrected chi connectivity index (χ3v) is 5.59. The quantitative estimate of drug-likeness (QED) is 0.872. The summed E-state index contributed by atoms with van der Waals surface area (Å²) in [7, 11) is -3.85. The Bertz CT molecular complexity index is 565. The average molecular weight is 351 g/mol. The molecule has 0 bridgehead atoms. The highest BCUT2D eigenvalue weighted by atomic mass is 79.9. The van der Waals surface area contributed by atoms with Crippen molar-refractivity contribution in [2.24, 2.45) is 11.7 Å². The van der Waals surface area contributed by atoms with Gasteiger partial charge in [0.25, 0.3) is 0 Å². The van der Waals surface area contributed by atoms with Gasteiger partial charge in [0, 0.05) is 6.04 Å². The van der Waals surface area contributed by atoms with Crippen molar-refractivity contribution in [3.8, 4) is 0 Å². The minimum Gasteiger partial charge on any atom is -0.330 e. The molecule has 0 spiro atoms. The number of benzene rings is 1. The standard InChI is InChI=1S/C12H16BrFN2O2S/c13-9-4-2-6-11(12(9)14)19(17,18)16-10-5-1-3-8(10)7-15/h2,4,6,8,10,16H,1,3,5,7,15H2. The highest BCUT2D eigenvalue weighted by Gasteiger charge is 2.31. The molecule has 2 rings (SSSR count). The van der Waals surface area contributed by atoms with Crippen LogP contribution in [0.4, 0.5) is 4.39 Å². The van der Waals surface area contributed by atoms with Crippen LogP contribution in [0.5, 0.6) is 0 Å². The van der Waals surface area contributed by atoms with Crippen LogP contribution in [0.2, 0.25) is 0 Å². The zero-order valence-electron chi connectivity index (χ0n) is 10.3. The highest BCUT2D eigenvalue weighted by Crippen LogP contribution is 2.28. The fourth-order valence-corrected chi connectivity index (χ4v) is 4.37. The summed E-state index contributed by atoms with van der Waals surface area (Å²) < 4.78 is 41.0. The van der Waals surface area contributed by atoms with Crippen LogP contribution in [0.15, 0.2) is 27.6 Å². The zero-order valence-corrected chi connectivity index (χ0v) is 12.7. The molecule has 1 aliphatic rings. The van der Waals surface area contributed by atoms with E-state index in [4.69, 9.17) is 5.73 Å². The maximum Gasteiger partial charge on any atom is 0.243 e. The van der Waals surface area contributed by atoms with E-state index in [1.165, 1.54) is 18.2 Å². The molecule has 0 saturated heterocycles. The van der Waals surface area contributed by atoms with Crippen LogP contribution in [0.3, 0.4) is 0 Å². The van der Waals surface area contributed by atoms with Gasteiger partial charge in [0.15, 0.2) is 5.82 Å². The largest absolute Gasteiger partial charge is 0.330 e. The van der Waals surface area contributed by atoms with Crippen LogP contribution in [0.25, 0.3) is 0 Å². The van der Waals surface area contributed by atoms with Crippen LogP contribution >= 0.6 is 15.9 Å². The Balaban J connectivity index is 2.25. The summed E-state index contributed by atoms with van der Waals surface area (Å²) in [6.07, 6.45) is 2.59. The molecule has 2 atom stereocenters. The lowest BCUT2D eigenvalue weighted by Gasteiger charge is -2.19. The van der Waals surface area contributed by atoms with E-state index >= 15 is 0 Å². The van der Waals surface area contributed by atoms with Gasteiger partial charge in [0.1, 0.15) is 4.90 Å². The first-order chi connectivity index (χ1) is 8.95. The predicted molar refractivity (Wildman–Crippen MR) is 74.6 cm³/mol. The lowest BCUT2D eigenvalue weighted by Crippen LogP contribution is -2.40. The second-order valence-corrected chi connectivity index (χ2v) is 7.24. The maximum atomic E-state index is 13.9. The zero-order chi connectivity index (χ0) is 14.0. The second kappa shape index (κ2) is 5.87. The third-order valence-electron chi connectivity index (χ3n) is 3.47. The Morgan fingerprint density at radius 2 is 2.16 bits per heavy atom. The molecule has 1 aromatic rings. The number of hydrogen-bond donors (Lipinski definition) is 2. The van der Waals surface area contributed by atoms with Crippen molar-refractivity contribution >= 4 is 26.0 Å². The molecule has 1 saturated carbocycles. The van der Waals surface area contributed by atoms with Gasteiger partial charge in [-0.1, -0.05) is 12.5 Å². The summed E-state index contributed by atoms with van der Waals surface area (Å²) in [6, 6.07) is 4.02. The predicted octanol–water partition coefficient (Wildman–Crippen LogP) is 1.99. The molecule has 2 unspecified atom stereocenters. The van der Waals surface area contributed by atoms with Crippen LogP contribution < -0.4 is 10.5 Å². The van der Waals surface area contributed by atoms with E-state index in [1.54, 1.807) is 0 Å². The van der Waals surface area contributed by atoms with Crippen LogP contribution in [-0.2, 0) is 10.0 Å². The number of nitrogens with two attached hydrogens (primary N) is 1. The van der Waals surface area contributed by atoms with Crippen LogP contribution in [-0.4, -0.2) is 21.0 Å². The Kier molecular flexibility index (Phi) is 4.60. The Hall–Kier alpha value is -0.500.